The summed E-state index contributed by atoms with van der Waals surface area (Å²) in [5, 5.41) is 0.967. The van der Waals surface area contributed by atoms with Gasteiger partial charge in [-0.1, -0.05) is 23.2 Å². The smallest absolute Gasteiger partial charge is 0.130 e. The summed E-state index contributed by atoms with van der Waals surface area (Å²) in [4.78, 5) is 14.7. The fraction of sp³-hybridized carbons (Fsp3) is 0.333. The molecular formula is C9H7Cl2NO. The van der Waals surface area contributed by atoms with E-state index in [1.165, 1.54) is 12.4 Å². The van der Waals surface area contributed by atoms with Crippen molar-refractivity contribution in [2.75, 3.05) is 0 Å². The molecule has 1 fully saturated rings. The number of hydrogen-bond acceptors (Lipinski definition) is 2. The van der Waals surface area contributed by atoms with Crippen LogP contribution in [0.25, 0.3) is 0 Å². The molecule has 0 bridgehead atoms. The van der Waals surface area contributed by atoms with Crippen LogP contribution in [-0.2, 0) is 10.2 Å². The van der Waals surface area contributed by atoms with E-state index in [0.717, 1.165) is 24.7 Å². The van der Waals surface area contributed by atoms with Gasteiger partial charge in [-0.25, -0.2) is 0 Å². The van der Waals surface area contributed by atoms with Gasteiger partial charge in [-0.2, -0.15) is 0 Å². The summed E-state index contributed by atoms with van der Waals surface area (Å²) >= 11 is 11.9. The molecule has 2 nitrogen and oxygen atoms in total. The topological polar surface area (TPSA) is 30.0 Å². The lowest BCUT2D eigenvalue weighted by Crippen LogP contribution is -2.09. The molecule has 68 valence electrons. The second-order valence-electron chi connectivity index (χ2n) is 3.25. The Labute approximate surface area is 85.9 Å². The summed E-state index contributed by atoms with van der Waals surface area (Å²) in [6, 6.07) is 0. The molecule has 13 heavy (non-hydrogen) atoms. The van der Waals surface area contributed by atoms with Gasteiger partial charge in [0.25, 0.3) is 0 Å². The molecule has 2 rings (SSSR count). The molecule has 1 heterocycles. The minimum atomic E-state index is -0.420. The van der Waals surface area contributed by atoms with Gasteiger partial charge >= 0.3 is 0 Å². The maximum atomic E-state index is 10.9. The molecule has 1 aliphatic carbocycles. The summed E-state index contributed by atoms with van der Waals surface area (Å²) in [6.45, 7) is 0. The van der Waals surface area contributed by atoms with E-state index in [9.17, 15) is 4.79 Å². The maximum absolute atomic E-state index is 10.9. The Kier molecular flexibility index (Phi) is 2.05. The number of nitrogens with zero attached hydrogens (tertiary/aromatic N) is 1. The van der Waals surface area contributed by atoms with Crippen LogP contribution in [0.2, 0.25) is 10.0 Å². The fourth-order valence-electron chi connectivity index (χ4n) is 1.45. The van der Waals surface area contributed by atoms with E-state index in [4.69, 9.17) is 23.2 Å². The molecule has 1 aromatic heterocycles. The highest BCUT2D eigenvalue weighted by Crippen LogP contribution is 2.50. The average Bonchev–Trinajstić information content (AvgIpc) is 2.85. The van der Waals surface area contributed by atoms with Gasteiger partial charge in [0.2, 0.25) is 0 Å². The quantitative estimate of drug-likeness (QED) is 0.711. The largest absolute Gasteiger partial charge is 0.302 e. The van der Waals surface area contributed by atoms with Crippen molar-refractivity contribution in [2.45, 2.75) is 18.3 Å². The lowest BCUT2D eigenvalue weighted by Gasteiger charge is -2.10. The third-order valence-electron chi connectivity index (χ3n) is 2.37. The van der Waals surface area contributed by atoms with E-state index in [0.29, 0.717) is 10.0 Å². The third kappa shape index (κ3) is 1.34. The molecule has 1 aliphatic rings. The van der Waals surface area contributed by atoms with Crippen molar-refractivity contribution in [1.29, 1.82) is 0 Å². The van der Waals surface area contributed by atoms with Crippen LogP contribution in [-0.4, -0.2) is 11.3 Å². The van der Waals surface area contributed by atoms with E-state index < -0.39 is 5.41 Å². The maximum Gasteiger partial charge on any atom is 0.130 e. The monoisotopic (exact) mass is 215 g/mol. The first kappa shape index (κ1) is 8.97. The molecule has 0 saturated heterocycles. The normalized spacial score (nSPS) is 18.3. The van der Waals surface area contributed by atoms with Gasteiger partial charge in [-0.05, 0) is 12.8 Å². The van der Waals surface area contributed by atoms with E-state index >= 15 is 0 Å². The molecule has 0 spiro atoms. The Bertz CT molecular complexity index is 340. The summed E-state index contributed by atoms with van der Waals surface area (Å²) in [7, 11) is 0. The van der Waals surface area contributed by atoms with Gasteiger partial charge in [0.15, 0.2) is 0 Å². The van der Waals surface area contributed by atoms with Crippen LogP contribution in [0.3, 0.4) is 0 Å². The van der Waals surface area contributed by atoms with E-state index in [-0.39, 0.29) is 0 Å². The first-order chi connectivity index (χ1) is 6.19. The summed E-state index contributed by atoms with van der Waals surface area (Å²) in [5.74, 6) is 0. The minimum Gasteiger partial charge on any atom is -0.302 e. The first-order valence-corrected chi connectivity index (χ1v) is 4.71. The van der Waals surface area contributed by atoms with Crippen molar-refractivity contribution < 1.29 is 4.79 Å². The molecule has 1 aromatic rings. The Morgan fingerprint density at radius 1 is 1.31 bits per heavy atom. The zero-order chi connectivity index (χ0) is 9.47. The zero-order valence-corrected chi connectivity index (χ0v) is 8.27. The van der Waals surface area contributed by atoms with E-state index in [1.54, 1.807) is 0 Å². The summed E-state index contributed by atoms with van der Waals surface area (Å²) < 4.78 is 0. The molecule has 0 unspecified atom stereocenters. The van der Waals surface area contributed by atoms with Crippen LogP contribution < -0.4 is 0 Å². The van der Waals surface area contributed by atoms with E-state index in [2.05, 4.69) is 4.98 Å². The molecule has 0 N–H and O–H groups in total. The molecule has 0 aliphatic heterocycles. The summed E-state index contributed by atoms with van der Waals surface area (Å²) in [5.41, 5.74) is 0.317. The number of carbonyl (C=O) groups excluding carboxylic acids is 1. The molecule has 1 saturated carbocycles. The second kappa shape index (κ2) is 2.96. The predicted molar refractivity (Wildman–Crippen MR) is 51.2 cm³/mol. The average molecular weight is 216 g/mol. The van der Waals surface area contributed by atoms with Gasteiger partial charge in [-0.15, -0.1) is 0 Å². The lowest BCUT2D eigenvalue weighted by atomic mass is 9.99. The number of halogens is 2. The zero-order valence-electron chi connectivity index (χ0n) is 6.76. The predicted octanol–water partition coefficient (Wildman–Crippen LogP) is 2.62. The Morgan fingerprint density at radius 2 is 1.85 bits per heavy atom. The van der Waals surface area contributed by atoms with Crippen LogP contribution in [0.15, 0.2) is 12.4 Å². The second-order valence-corrected chi connectivity index (χ2v) is 4.07. The van der Waals surface area contributed by atoms with Gasteiger partial charge in [0.1, 0.15) is 6.29 Å². The van der Waals surface area contributed by atoms with Crippen molar-refractivity contribution in [3.8, 4) is 0 Å². The molecule has 0 aromatic carbocycles. The highest BCUT2D eigenvalue weighted by Gasteiger charge is 2.47. The first-order valence-electron chi connectivity index (χ1n) is 3.95. The number of pyridine rings is 1. The van der Waals surface area contributed by atoms with Crippen LogP contribution >= 0.6 is 23.2 Å². The molecular weight excluding hydrogens is 209 g/mol. The van der Waals surface area contributed by atoms with Gasteiger partial charge < -0.3 is 4.79 Å². The van der Waals surface area contributed by atoms with Crippen molar-refractivity contribution >= 4 is 29.5 Å². The standard InChI is InChI=1S/C9H7Cl2NO/c10-6-3-12-4-7(11)8(6)9(5-13)1-2-9/h3-5H,1-2H2. The number of rotatable bonds is 2. The SMILES string of the molecule is O=CC1(c2c(Cl)cncc2Cl)CC1. The van der Waals surface area contributed by atoms with E-state index in [1.807, 2.05) is 0 Å². The highest BCUT2D eigenvalue weighted by molar-refractivity contribution is 6.36. The van der Waals surface area contributed by atoms with Crippen molar-refractivity contribution in [3.05, 3.63) is 28.0 Å². The number of aldehydes is 1. The van der Waals surface area contributed by atoms with Gasteiger partial charge in [-0.3, -0.25) is 4.98 Å². The van der Waals surface area contributed by atoms with Crippen LogP contribution in [0.4, 0.5) is 0 Å². The van der Waals surface area contributed by atoms with Crippen LogP contribution in [0, 0.1) is 0 Å². The molecule has 4 heteroatoms. The van der Waals surface area contributed by atoms with Crippen molar-refractivity contribution in [3.63, 3.8) is 0 Å². The van der Waals surface area contributed by atoms with Crippen LogP contribution in [0.5, 0.6) is 0 Å². The number of hydrogen-bond donors (Lipinski definition) is 0. The third-order valence-corrected chi connectivity index (χ3v) is 2.94. The molecule has 0 amide bonds. The molecule has 0 atom stereocenters. The van der Waals surface area contributed by atoms with Gasteiger partial charge in [0, 0.05) is 18.0 Å². The fourth-order valence-corrected chi connectivity index (χ4v) is 2.19. The Morgan fingerprint density at radius 3 is 2.23 bits per heavy atom. The Balaban J connectivity index is 2.56. The minimum absolute atomic E-state index is 0.420. The van der Waals surface area contributed by atoms with Crippen LogP contribution in [0.1, 0.15) is 18.4 Å². The van der Waals surface area contributed by atoms with Gasteiger partial charge in [0.05, 0.1) is 15.5 Å². The Hall–Kier alpha value is -0.600. The number of aromatic nitrogens is 1. The van der Waals surface area contributed by atoms with Crippen molar-refractivity contribution in [1.82, 2.24) is 4.98 Å². The lowest BCUT2D eigenvalue weighted by molar-refractivity contribution is -0.109. The van der Waals surface area contributed by atoms with Crippen molar-refractivity contribution in [2.24, 2.45) is 0 Å². The highest BCUT2D eigenvalue weighted by atomic mass is 35.5. The summed E-state index contributed by atoms with van der Waals surface area (Å²) in [6.07, 6.45) is 5.64. The molecule has 0 radical (unpaired) electrons. The number of carbonyl (C=O) groups is 1.